The molecule has 0 saturated heterocycles. The Morgan fingerprint density at radius 1 is 1.38 bits per heavy atom. The minimum absolute atomic E-state index is 0.0189. The Hall–Kier alpha value is -2.07. The van der Waals surface area contributed by atoms with Gasteiger partial charge < -0.3 is 11.1 Å². The van der Waals surface area contributed by atoms with Gasteiger partial charge >= 0.3 is 6.18 Å². The van der Waals surface area contributed by atoms with Crippen molar-refractivity contribution in [3.05, 3.63) is 29.3 Å². The van der Waals surface area contributed by atoms with Crippen LogP contribution in [0, 0.1) is 17.2 Å². The average Bonchev–Trinajstić information content (AvgIpc) is 2.84. The molecule has 112 valence electrons. The molecule has 1 aromatic carbocycles. The molecule has 2 atom stereocenters. The maximum atomic E-state index is 12.8. The number of rotatable bonds is 2. The van der Waals surface area contributed by atoms with Gasteiger partial charge in [-0.1, -0.05) is 6.42 Å². The first-order chi connectivity index (χ1) is 9.82. The van der Waals surface area contributed by atoms with E-state index in [0.717, 1.165) is 25.0 Å². The maximum Gasteiger partial charge on any atom is 0.417 e. The highest BCUT2D eigenvalue weighted by Crippen LogP contribution is 2.34. The summed E-state index contributed by atoms with van der Waals surface area (Å²) in [7, 11) is 0. The zero-order valence-corrected chi connectivity index (χ0v) is 11.1. The molecule has 0 aromatic heterocycles. The van der Waals surface area contributed by atoms with Crippen LogP contribution in [-0.2, 0) is 11.0 Å². The van der Waals surface area contributed by atoms with Gasteiger partial charge in [-0.15, -0.1) is 0 Å². The van der Waals surface area contributed by atoms with Crippen molar-refractivity contribution in [3.8, 4) is 6.07 Å². The predicted molar refractivity (Wildman–Crippen MR) is 70.1 cm³/mol. The first-order valence-electron chi connectivity index (χ1n) is 6.50. The van der Waals surface area contributed by atoms with Crippen LogP contribution in [0.2, 0.25) is 0 Å². The molecule has 21 heavy (non-hydrogen) atoms. The zero-order valence-electron chi connectivity index (χ0n) is 11.1. The molecule has 2 rings (SSSR count). The smallest absolute Gasteiger partial charge is 0.327 e. The fourth-order valence-electron chi connectivity index (χ4n) is 2.50. The fraction of sp³-hybridized carbons (Fsp3) is 0.429. The van der Waals surface area contributed by atoms with Crippen LogP contribution in [0.4, 0.5) is 18.9 Å². The number of halogens is 3. The van der Waals surface area contributed by atoms with E-state index in [2.05, 4.69) is 5.32 Å². The summed E-state index contributed by atoms with van der Waals surface area (Å²) in [6.07, 6.45) is -2.44. The maximum absolute atomic E-state index is 12.8. The molecule has 1 aromatic rings. The number of carbonyl (C=O) groups is 1. The van der Waals surface area contributed by atoms with Crippen LogP contribution in [0.25, 0.3) is 0 Å². The van der Waals surface area contributed by atoms with E-state index in [4.69, 9.17) is 11.0 Å². The van der Waals surface area contributed by atoms with Gasteiger partial charge in [0.15, 0.2) is 0 Å². The van der Waals surface area contributed by atoms with Gasteiger partial charge in [-0.3, -0.25) is 4.79 Å². The largest absolute Gasteiger partial charge is 0.417 e. The van der Waals surface area contributed by atoms with Crippen molar-refractivity contribution in [1.29, 1.82) is 5.26 Å². The molecule has 0 spiro atoms. The second kappa shape index (κ2) is 5.74. The minimum atomic E-state index is -4.64. The Morgan fingerprint density at radius 3 is 2.62 bits per heavy atom. The van der Waals surface area contributed by atoms with Crippen LogP contribution in [0.3, 0.4) is 0 Å². The summed E-state index contributed by atoms with van der Waals surface area (Å²) in [6.45, 7) is 0. The molecule has 7 heteroatoms. The number of amides is 1. The molecule has 3 N–H and O–H groups in total. The molecule has 1 saturated carbocycles. The van der Waals surface area contributed by atoms with Gasteiger partial charge in [-0.2, -0.15) is 18.4 Å². The quantitative estimate of drug-likeness (QED) is 0.880. The number of nitrogens with zero attached hydrogens (tertiary/aromatic N) is 1. The molecule has 0 bridgehead atoms. The molecule has 1 aliphatic carbocycles. The lowest BCUT2D eigenvalue weighted by molar-refractivity contribution is -0.137. The predicted octanol–water partition coefficient (Wildman–Crippen LogP) is 2.64. The zero-order chi connectivity index (χ0) is 15.6. The summed E-state index contributed by atoms with van der Waals surface area (Å²) in [5, 5.41) is 11.2. The minimum Gasteiger partial charge on any atom is -0.327 e. The summed E-state index contributed by atoms with van der Waals surface area (Å²) in [6, 6.07) is 4.34. The van der Waals surface area contributed by atoms with Crippen LogP contribution in [-0.4, -0.2) is 11.9 Å². The summed E-state index contributed by atoms with van der Waals surface area (Å²) >= 11 is 0. The summed E-state index contributed by atoms with van der Waals surface area (Å²) < 4.78 is 38.5. The van der Waals surface area contributed by atoms with E-state index in [9.17, 15) is 18.0 Å². The lowest BCUT2D eigenvalue weighted by atomic mass is 10.0. The van der Waals surface area contributed by atoms with Crippen molar-refractivity contribution in [2.45, 2.75) is 31.5 Å². The molecular formula is C14H14F3N3O. The van der Waals surface area contributed by atoms with Gasteiger partial charge in [-0.05, 0) is 31.0 Å². The van der Waals surface area contributed by atoms with Crippen LogP contribution in [0.5, 0.6) is 0 Å². The third-order valence-electron chi connectivity index (χ3n) is 3.62. The van der Waals surface area contributed by atoms with E-state index in [0.29, 0.717) is 6.42 Å². The fourth-order valence-corrected chi connectivity index (χ4v) is 2.50. The number of anilines is 1. The number of nitrogens with one attached hydrogen (secondary N) is 1. The molecule has 1 fully saturated rings. The van der Waals surface area contributed by atoms with Crippen LogP contribution < -0.4 is 11.1 Å². The van der Waals surface area contributed by atoms with Crippen molar-refractivity contribution in [2.75, 3.05) is 5.32 Å². The number of hydrogen-bond acceptors (Lipinski definition) is 3. The number of carbonyl (C=O) groups excluding carboxylic acids is 1. The Balaban J connectivity index is 2.22. The molecule has 4 nitrogen and oxygen atoms in total. The normalized spacial score (nSPS) is 21.9. The van der Waals surface area contributed by atoms with Crippen LogP contribution >= 0.6 is 0 Å². The Labute approximate surface area is 119 Å². The van der Waals surface area contributed by atoms with E-state index in [1.54, 1.807) is 0 Å². The van der Waals surface area contributed by atoms with Gasteiger partial charge in [0.25, 0.3) is 0 Å². The average molecular weight is 297 g/mol. The van der Waals surface area contributed by atoms with Crippen molar-refractivity contribution in [1.82, 2.24) is 0 Å². The molecule has 1 amide bonds. The van der Waals surface area contributed by atoms with Crippen molar-refractivity contribution in [3.63, 3.8) is 0 Å². The highest BCUT2D eigenvalue weighted by atomic mass is 19.4. The summed E-state index contributed by atoms with van der Waals surface area (Å²) in [5.41, 5.74) is 4.28. The van der Waals surface area contributed by atoms with Crippen molar-refractivity contribution in [2.24, 2.45) is 11.7 Å². The number of alkyl halides is 3. The van der Waals surface area contributed by atoms with Gasteiger partial charge in [0, 0.05) is 11.7 Å². The first-order valence-corrected chi connectivity index (χ1v) is 6.50. The Kier molecular flexibility index (Phi) is 4.19. The number of nitriles is 1. The number of nitrogens with two attached hydrogens (primary N) is 1. The van der Waals surface area contributed by atoms with E-state index in [-0.39, 0.29) is 23.6 Å². The third kappa shape index (κ3) is 3.34. The van der Waals surface area contributed by atoms with E-state index < -0.39 is 17.3 Å². The van der Waals surface area contributed by atoms with E-state index >= 15 is 0 Å². The molecule has 1 aliphatic rings. The number of hydrogen-bond donors (Lipinski definition) is 2. The monoisotopic (exact) mass is 297 g/mol. The van der Waals surface area contributed by atoms with Crippen molar-refractivity contribution < 1.29 is 18.0 Å². The van der Waals surface area contributed by atoms with Gasteiger partial charge in [0.2, 0.25) is 5.91 Å². The second-order valence-electron chi connectivity index (χ2n) is 5.06. The van der Waals surface area contributed by atoms with E-state index in [1.807, 2.05) is 0 Å². The van der Waals surface area contributed by atoms with Gasteiger partial charge in [-0.25, -0.2) is 0 Å². The third-order valence-corrected chi connectivity index (χ3v) is 3.62. The topological polar surface area (TPSA) is 78.9 Å². The summed E-state index contributed by atoms with van der Waals surface area (Å²) in [5.74, 6) is -0.757. The van der Waals surface area contributed by atoms with Crippen LogP contribution in [0.15, 0.2) is 18.2 Å². The SMILES string of the molecule is N#Cc1ccc(NC(=O)C2CCCC2N)cc1C(F)(F)F. The lowest BCUT2D eigenvalue weighted by Gasteiger charge is -2.16. The second-order valence-corrected chi connectivity index (χ2v) is 5.06. The Morgan fingerprint density at radius 2 is 2.10 bits per heavy atom. The standard InChI is InChI=1S/C14H14F3N3O/c15-14(16,17)11-6-9(5-4-8(11)7-18)20-13(21)10-2-1-3-12(10)19/h4-6,10,12H,1-3,19H2,(H,20,21). The number of benzene rings is 1. The highest BCUT2D eigenvalue weighted by Gasteiger charge is 2.34. The first kappa shape index (κ1) is 15.3. The van der Waals surface area contributed by atoms with Gasteiger partial charge in [0.05, 0.1) is 23.1 Å². The Bertz CT molecular complexity index is 592. The molecule has 0 heterocycles. The lowest BCUT2D eigenvalue weighted by Crippen LogP contribution is -2.34. The molecule has 0 aliphatic heterocycles. The summed E-state index contributed by atoms with van der Waals surface area (Å²) in [4.78, 5) is 12.0. The van der Waals surface area contributed by atoms with Crippen molar-refractivity contribution >= 4 is 11.6 Å². The highest BCUT2D eigenvalue weighted by molar-refractivity contribution is 5.93. The molecular weight excluding hydrogens is 283 g/mol. The molecule has 0 radical (unpaired) electrons. The van der Waals surface area contributed by atoms with E-state index in [1.165, 1.54) is 12.1 Å². The van der Waals surface area contributed by atoms with Gasteiger partial charge in [0.1, 0.15) is 0 Å². The molecule has 2 unspecified atom stereocenters. The van der Waals surface area contributed by atoms with Crippen LogP contribution in [0.1, 0.15) is 30.4 Å².